The van der Waals surface area contributed by atoms with E-state index in [1.54, 1.807) is 0 Å². The monoisotopic (exact) mass is 190 g/mol. The molecule has 0 spiro atoms. The summed E-state index contributed by atoms with van der Waals surface area (Å²) in [7, 11) is 0. The summed E-state index contributed by atoms with van der Waals surface area (Å²) in [6.07, 6.45) is 1.81. The van der Waals surface area contributed by atoms with Gasteiger partial charge in [0.2, 0.25) is 0 Å². The number of anilines is 1. The van der Waals surface area contributed by atoms with Crippen molar-refractivity contribution in [2.75, 3.05) is 5.73 Å². The van der Waals surface area contributed by atoms with Crippen LogP contribution in [0, 0.1) is 0 Å². The van der Waals surface area contributed by atoms with E-state index in [2.05, 4.69) is 4.98 Å². The first-order valence-corrected chi connectivity index (χ1v) is 3.47. The lowest BCUT2D eigenvalue weighted by atomic mass is 10.3. The van der Waals surface area contributed by atoms with Crippen molar-refractivity contribution in [3.63, 3.8) is 0 Å². The van der Waals surface area contributed by atoms with Crippen LogP contribution in [0.25, 0.3) is 0 Å². The molecular weight excluding hydrogens is 187 g/mol. The summed E-state index contributed by atoms with van der Waals surface area (Å²) >= 11 is 11.2. The highest BCUT2D eigenvalue weighted by Gasteiger charge is 2.07. The lowest BCUT2D eigenvalue weighted by Gasteiger charge is -2.00. The van der Waals surface area contributed by atoms with Crippen molar-refractivity contribution < 1.29 is 4.79 Å². The van der Waals surface area contributed by atoms with Gasteiger partial charge in [-0.05, 0) is 0 Å². The fourth-order valence-electron chi connectivity index (χ4n) is 0.577. The summed E-state index contributed by atoms with van der Waals surface area (Å²) in [6.45, 7) is 0. The van der Waals surface area contributed by atoms with Crippen molar-refractivity contribution in [3.8, 4) is 0 Å². The zero-order valence-electron chi connectivity index (χ0n) is 5.34. The number of aromatic nitrogens is 1. The Hall–Kier alpha value is -0.800. The second-order valence-electron chi connectivity index (χ2n) is 1.84. The van der Waals surface area contributed by atoms with E-state index in [0.717, 1.165) is 0 Å². The van der Waals surface area contributed by atoms with Crippen LogP contribution in [0.4, 0.5) is 5.69 Å². The van der Waals surface area contributed by atoms with Gasteiger partial charge in [0.15, 0.2) is 6.29 Å². The minimum atomic E-state index is 0.104. The topological polar surface area (TPSA) is 56.0 Å². The summed E-state index contributed by atoms with van der Waals surface area (Å²) in [5, 5.41) is 0.355. The molecule has 0 aliphatic carbocycles. The van der Waals surface area contributed by atoms with E-state index in [0.29, 0.717) is 6.29 Å². The van der Waals surface area contributed by atoms with Crippen LogP contribution in [-0.2, 0) is 0 Å². The van der Waals surface area contributed by atoms with Crippen LogP contribution in [0.1, 0.15) is 10.5 Å². The predicted octanol–water partition coefficient (Wildman–Crippen LogP) is 1.78. The Bertz CT molecular complexity index is 301. The average Bonchev–Trinajstić information content (AvgIpc) is 2.01. The Kier molecular flexibility index (Phi) is 2.31. The summed E-state index contributed by atoms with van der Waals surface area (Å²) in [4.78, 5) is 13.9. The Morgan fingerprint density at radius 1 is 1.55 bits per heavy atom. The van der Waals surface area contributed by atoms with Gasteiger partial charge in [-0.25, -0.2) is 0 Å². The largest absolute Gasteiger partial charge is 0.396 e. The molecule has 1 rings (SSSR count). The standard InChI is InChI=1S/C6H4Cl2N2O/c7-3-1-10-4(2-11)5(8)6(3)9/h1-2H,(H2,9,10). The van der Waals surface area contributed by atoms with E-state index in [4.69, 9.17) is 28.9 Å². The van der Waals surface area contributed by atoms with Gasteiger partial charge < -0.3 is 5.73 Å². The van der Waals surface area contributed by atoms with Crippen molar-refractivity contribution in [3.05, 3.63) is 21.9 Å². The Morgan fingerprint density at radius 3 is 2.73 bits per heavy atom. The van der Waals surface area contributed by atoms with E-state index in [1.165, 1.54) is 6.20 Å². The second-order valence-corrected chi connectivity index (χ2v) is 2.62. The van der Waals surface area contributed by atoms with Crippen LogP contribution in [-0.4, -0.2) is 11.3 Å². The van der Waals surface area contributed by atoms with E-state index < -0.39 is 0 Å². The molecule has 0 radical (unpaired) electrons. The van der Waals surface area contributed by atoms with Crippen LogP contribution in [0.15, 0.2) is 6.20 Å². The van der Waals surface area contributed by atoms with Crippen molar-refractivity contribution >= 4 is 35.2 Å². The molecule has 0 aliphatic heterocycles. The number of pyridine rings is 1. The fourth-order valence-corrected chi connectivity index (χ4v) is 0.964. The maximum atomic E-state index is 10.2. The Balaban J connectivity index is 3.36. The third-order valence-corrected chi connectivity index (χ3v) is 1.85. The van der Waals surface area contributed by atoms with Gasteiger partial charge in [-0.15, -0.1) is 0 Å². The van der Waals surface area contributed by atoms with Crippen LogP contribution in [0.5, 0.6) is 0 Å². The van der Waals surface area contributed by atoms with Gasteiger partial charge in [0, 0.05) is 6.20 Å². The molecule has 0 aromatic carbocycles. The summed E-state index contributed by atoms with van der Waals surface area (Å²) < 4.78 is 0. The number of nitrogen functional groups attached to an aromatic ring is 1. The number of hydrogen-bond acceptors (Lipinski definition) is 3. The molecule has 58 valence electrons. The molecule has 0 aliphatic rings. The van der Waals surface area contributed by atoms with Gasteiger partial charge in [0.1, 0.15) is 5.69 Å². The molecule has 0 saturated carbocycles. The van der Waals surface area contributed by atoms with Crippen molar-refractivity contribution in [1.82, 2.24) is 4.98 Å². The van der Waals surface area contributed by atoms with Gasteiger partial charge in [0.05, 0.1) is 15.7 Å². The lowest BCUT2D eigenvalue weighted by molar-refractivity contribution is 0.111. The molecule has 1 heterocycles. The number of rotatable bonds is 1. The molecule has 5 heteroatoms. The van der Waals surface area contributed by atoms with Crippen LogP contribution >= 0.6 is 23.2 Å². The third kappa shape index (κ3) is 1.44. The van der Waals surface area contributed by atoms with Crippen LogP contribution in [0.3, 0.4) is 0 Å². The molecule has 0 saturated heterocycles. The van der Waals surface area contributed by atoms with Gasteiger partial charge in [0.25, 0.3) is 0 Å². The SMILES string of the molecule is Nc1c(Cl)cnc(C=O)c1Cl. The fraction of sp³-hybridized carbons (Fsp3) is 0. The molecule has 0 fully saturated rings. The van der Waals surface area contributed by atoms with E-state index in [9.17, 15) is 4.79 Å². The summed E-state index contributed by atoms with van der Waals surface area (Å²) in [6, 6.07) is 0. The lowest BCUT2D eigenvalue weighted by Crippen LogP contribution is -1.95. The van der Waals surface area contributed by atoms with Crippen molar-refractivity contribution in [1.29, 1.82) is 0 Å². The quantitative estimate of drug-likeness (QED) is 0.688. The molecule has 0 atom stereocenters. The number of hydrogen-bond donors (Lipinski definition) is 1. The zero-order valence-corrected chi connectivity index (χ0v) is 6.86. The van der Waals surface area contributed by atoms with Gasteiger partial charge >= 0.3 is 0 Å². The number of nitrogens with two attached hydrogens (primary N) is 1. The zero-order chi connectivity index (χ0) is 8.43. The second kappa shape index (κ2) is 3.07. The first kappa shape index (κ1) is 8.30. The number of nitrogens with zero attached hydrogens (tertiary/aromatic N) is 1. The molecule has 0 bridgehead atoms. The Labute approximate surface area is 73.1 Å². The number of halogens is 2. The highest BCUT2D eigenvalue weighted by molar-refractivity contribution is 6.39. The van der Waals surface area contributed by atoms with Gasteiger partial charge in [-0.3, -0.25) is 9.78 Å². The maximum absolute atomic E-state index is 10.2. The predicted molar refractivity (Wildman–Crippen MR) is 44.1 cm³/mol. The van der Waals surface area contributed by atoms with E-state index >= 15 is 0 Å². The highest BCUT2D eigenvalue weighted by Crippen LogP contribution is 2.27. The van der Waals surface area contributed by atoms with E-state index in [1.807, 2.05) is 0 Å². The minimum Gasteiger partial charge on any atom is -0.396 e. The average molecular weight is 191 g/mol. The van der Waals surface area contributed by atoms with Crippen molar-refractivity contribution in [2.45, 2.75) is 0 Å². The number of aldehydes is 1. The van der Waals surface area contributed by atoms with Gasteiger partial charge in [-0.1, -0.05) is 23.2 Å². The summed E-state index contributed by atoms with van der Waals surface area (Å²) in [5.41, 5.74) is 5.69. The number of carbonyl (C=O) groups is 1. The first-order valence-electron chi connectivity index (χ1n) is 2.71. The molecular formula is C6H4Cl2N2O. The first-order chi connectivity index (χ1) is 5.16. The Morgan fingerprint density at radius 2 is 2.18 bits per heavy atom. The molecule has 1 aromatic rings. The minimum absolute atomic E-state index is 0.104. The van der Waals surface area contributed by atoms with Crippen LogP contribution < -0.4 is 5.73 Å². The summed E-state index contributed by atoms with van der Waals surface area (Å²) in [5.74, 6) is 0. The molecule has 3 nitrogen and oxygen atoms in total. The molecule has 0 unspecified atom stereocenters. The molecule has 1 aromatic heterocycles. The molecule has 11 heavy (non-hydrogen) atoms. The van der Waals surface area contributed by atoms with Gasteiger partial charge in [-0.2, -0.15) is 0 Å². The maximum Gasteiger partial charge on any atom is 0.170 e. The normalized spacial score (nSPS) is 9.64. The van der Waals surface area contributed by atoms with Crippen molar-refractivity contribution in [2.24, 2.45) is 0 Å². The van der Waals surface area contributed by atoms with Crippen LogP contribution in [0.2, 0.25) is 10.0 Å². The highest BCUT2D eigenvalue weighted by atomic mass is 35.5. The van der Waals surface area contributed by atoms with E-state index in [-0.39, 0.29) is 21.4 Å². The third-order valence-electron chi connectivity index (χ3n) is 1.15. The molecule has 0 amide bonds. The smallest absolute Gasteiger partial charge is 0.170 e. The number of carbonyl (C=O) groups excluding carboxylic acids is 1. The molecule has 2 N–H and O–H groups in total.